The fraction of sp³-hybridized carbons (Fsp3) is 0.278. The molecule has 0 aliphatic carbocycles. The fourth-order valence-electron chi connectivity index (χ4n) is 2.15. The second kappa shape index (κ2) is 7.04. The van der Waals surface area contributed by atoms with E-state index in [4.69, 9.17) is 4.74 Å². The number of carbonyl (C=O) groups is 1. The Bertz CT molecular complexity index is 580. The van der Waals surface area contributed by atoms with Gasteiger partial charge < -0.3 is 9.84 Å². The number of aldehydes is 1. The van der Waals surface area contributed by atoms with Gasteiger partial charge in [-0.1, -0.05) is 55.8 Å². The van der Waals surface area contributed by atoms with Crippen LogP contribution in [0.3, 0.4) is 0 Å². The van der Waals surface area contributed by atoms with E-state index >= 15 is 0 Å². The molecule has 0 spiro atoms. The molecule has 0 aliphatic rings. The van der Waals surface area contributed by atoms with Crippen molar-refractivity contribution < 1.29 is 14.6 Å². The highest BCUT2D eigenvalue weighted by Crippen LogP contribution is 2.29. The number of hydrogen-bond acceptors (Lipinski definition) is 3. The smallest absolute Gasteiger partial charge is 0.170 e. The van der Waals surface area contributed by atoms with Crippen molar-refractivity contribution in [1.29, 1.82) is 0 Å². The zero-order chi connectivity index (χ0) is 15.1. The zero-order valence-corrected chi connectivity index (χ0v) is 12.2. The summed E-state index contributed by atoms with van der Waals surface area (Å²) in [6, 6.07) is 16.0. The Balaban J connectivity index is 2.30. The quantitative estimate of drug-likeness (QED) is 0.627. The molecule has 0 aromatic heterocycles. The normalized spacial score (nSPS) is 13.4. The summed E-state index contributed by atoms with van der Waals surface area (Å²) >= 11 is 0. The van der Waals surface area contributed by atoms with Gasteiger partial charge in [-0.3, -0.25) is 4.79 Å². The van der Waals surface area contributed by atoms with E-state index in [1.165, 1.54) is 0 Å². The number of rotatable bonds is 7. The van der Waals surface area contributed by atoms with Crippen molar-refractivity contribution >= 4 is 6.29 Å². The summed E-state index contributed by atoms with van der Waals surface area (Å²) in [4.78, 5) is 11.5. The van der Waals surface area contributed by atoms with Gasteiger partial charge in [-0.05, 0) is 29.7 Å². The Kier molecular flexibility index (Phi) is 5.12. The largest absolute Gasteiger partial charge is 0.494 e. The summed E-state index contributed by atoms with van der Waals surface area (Å²) in [7, 11) is 0. The first-order chi connectivity index (χ1) is 10.2. The third kappa shape index (κ3) is 3.50. The third-order valence-electron chi connectivity index (χ3n) is 3.43. The van der Waals surface area contributed by atoms with E-state index in [1.807, 2.05) is 12.1 Å². The number of unbranched alkanes of at least 4 members (excludes halogenated alkanes) is 1. The van der Waals surface area contributed by atoms with Crippen LogP contribution in [-0.2, 0) is 10.4 Å². The topological polar surface area (TPSA) is 46.5 Å². The van der Waals surface area contributed by atoms with Crippen LogP contribution in [0.5, 0.6) is 5.75 Å². The molecular weight excluding hydrogens is 264 g/mol. The van der Waals surface area contributed by atoms with E-state index in [9.17, 15) is 9.90 Å². The van der Waals surface area contributed by atoms with Crippen LogP contribution in [-0.4, -0.2) is 18.0 Å². The van der Waals surface area contributed by atoms with Crippen LogP contribution in [0.15, 0.2) is 54.6 Å². The first kappa shape index (κ1) is 15.3. The van der Waals surface area contributed by atoms with Crippen molar-refractivity contribution in [3.05, 3.63) is 65.7 Å². The average molecular weight is 284 g/mol. The molecule has 0 radical (unpaired) electrons. The molecule has 0 bridgehead atoms. The first-order valence-electron chi connectivity index (χ1n) is 7.18. The molecule has 0 saturated carbocycles. The highest BCUT2D eigenvalue weighted by Gasteiger charge is 2.31. The van der Waals surface area contributed by atoms with Crippen LogP contribution in [0.4, 0.5) is 0 Å². The summed E-state index contributed by atoms with van der Waals surface area (Å²) in [6.07, 6.45) is 2.59. The van der Waals surface area contributed by atoms with Gasteiger partial charge in [-0.25, -0.2) is 0 Å². The molecule has 110 valence electrons. The van der Waals surface area contributed by atoms with E-state index in [2.05, 4.69) is 6.92 Å². The number of benzene rings is 2. The van der Waals surface area contributed by atoms with Crippen LogP contribution >= 0.6 is 0 Å². The Hall–Kier alpha value is -2.13. The fourth-order valence-corrected chi connectivity index (χ4v) is 2.15. The minimum Gasteiger partial charge on any atom is -0.494 e. The average Bonchev–Trinajstić information content (AvgIpc) is 2.55. The van der Waals surface area contributed by atoms with E-state index in [0.717, 1.165) is 12.8 Å². The standard InChI is InChI=1S/C18H20O3/c1-2-3-12-21-17-11-7-10-16(13-17)18(20,14-19)15-8-5-4-6-9-15/h4-11,13-14,20H,2-3,12H2,1H3. The van der Waals surface area contributed by atoms with Gasteiger partial charge in [0.25, 0.3) is 0 Å². The van der Waals surface area contributed by atoms with Gasteiger partial charge in [0.1, 0.15) is 5.75 Å². The highest BCUT2D eigenvalue weighted by molar-refractivity contribution is 5.72. The maximum Gasteiger partial charge on any atom is 0.170 e. The Labute approximate surface area is 125 Å². The summed E-state index contributed by atoms with van der Waals surface area (Å²) < 4.78 is 5.64. The van der Waals surface area contributed by atoms with E-state index < -0.39 is 5.60 Å². The molecule has 3 nitrogen and oxygen atoms in total. The molecule has 2 aromatic carbocycles. The van der Waals surface area contributed by atoms with Crippen molar-refractivity contribution in [2.45, 2.75) is 25.4 Å². The van der Waals surface area contributed by atoms with Crippen LogP contribution in [0, 0.1) is 0 Å². The van der Waals surface area contributed by atoms with Gasteiger partial charge >= 0.3 is 0 Å². The Morgan fingerprint density at radius 1 is 1.10 bits per heavy atom. The van der Waals surface area contributed by atoms with E-state index in [0.29, 0.717) is 29.8 Å². The number of ether oxygens (including phenoxy) is 1. The van der Waals surface area contributed by atoms with E-state index in [1.54, 1.807) is 42.5 Å². The highest BCUT2D eigenvalue weighted by atomic mass is 16.5. The Morgan fingerprint density at radius 3 is 2.48 bits per heavy atom. The van der Waals surface area contributed by atoms with Gasteiger partial charge in [0, 0.05) is 0 Å². The maximum absolute atomic E-state index is 11.5. The molecular formula is C18H20O3. The van der Waals surface area contributed by atoms with Gasteiger partial charge in [0.2, 0.25) is 0 Å². The molecule has 2 aromatic rings. The molecule has 0 aliphatic heterocycles. The zero-order valence-electron chi connectivity index (χ0n) is 12.2. The molecule has 0 amide bonds. The second-order valence-corrected chi connectivity index (χ2v) is 4.98. The minimum absolute atomic E-state index is 0.512. The molecule has 2 rings (SSSR count). The van der Waals surface area contributed by atoms with Gasteiger partial charge in [-0.2, -0.15) is 0 Å². The first-order valence-corrected chi connectivity index (χ1v) is 7.18. The lowest BCUT2D eigenvalue weighted by Crippen LogP contribution is -2.28. The number of hydrogen-bond donors (Lipinski definition) is 1. The lowest BCUT2D eigenvalue weighted by Gasteiger charge is -2.23. The molecule has 1 unspecified atom stereocenters. The number of aliphatic hydroxyl groups is 1. The third-order valence-corrected chi connectivity index (χ3v) is 3.43. The predicted octanol–water partition coefficient (Wildman–Crippen LogP) is 3.30. The SMILES string of the molecule is CCCCOc1cccc(C(O)(C=O)c2ccccc2)c1. The van der Waals surface area contributed by atoms with Crippen LogP contribution in [0.1, 0.15) is 30.9 Å². The molecule has 21 heavy (non-hydrogen) atoms. The van der Waals surface area contributed by atoms with Crippen LogP contribution in [0.2, 0.25) is 0 Å². The predicted molar refractivity (Wildman–Crippen MR) is 82.3 cm³/mol. The van der Waals surface area contributed by atoms with E-state index in [-0.39, 0.29) is 0 Å². The Morgan fingerprint density at radius 2 is 1.81 bits per heavy atom. The lowest BCUT2D eigenvalue weighted by atomic mass is 9.88. The number of carbonyl (C=O) groups excluding carboxylic acids is 1. The maximum atomic E-state index is 11.5. The van der Waals surface area contributed by atoms with Crippen molar-refractivity contribution in [3.63, 3.8) is 0 Å². The molecule has 0 saturated heterocycles. The van der Waals surface area contributed by atoms with Gasteiger partial charge in [-0.15, -0.1) is 0 Å². The summed E-state index contributed by atoms with van der Waals surface area (Å²) in [5, 5.41) is 10.7. The van der Waals surface area contributed by atoms with Crippen molar-refractivity contribution in [3.8, 4) is 5.75 Å². The molecule has 1 N–H and O–H groups in total. The van der Waals surface area contributed by atoms with Gasteiger partial charge in [0.15, 0.2) is 11.9 Å². The molecule has 0 fully saturated rings. The van der Waals surface area contributed by atoms with Crippen molar-refractivity contribution in [1.82, 2.24) is 0 Å². The second-order valence-electron chi connectivity index (χ2n) is 4.98. The van der Waals surface area contributed by atoms with Crippen molar-refractivity contribution in [2.24, 2.45) is 0 Å². The summed E-state index contributed by atoms with van der Waals surface area (Å²) in [6.45, 7) is 2.73. The van der Waals surface area contributed by atoms with Gasteiger partial charge in [0.05, 0.1) is 6.61 Å². The summed E-state index contributed by atoms with van der Waals surface area (Å²) in [5.41, 5.74) is -0.589. The molecule has 1 atom stereocenters. The van der Waals surface area contributed by atoms with Crippen LogP contribution < -0.4 is 4.74 Å². The van der Waals surface area contributed by atoms with Crippen molar-refractivity contribution in [2.75, 3.05) is 6.61 Å². The minimum atomic E-state index is -1.65. The van der Waals surface area contributed by atoms with Crippen LogP contribution in [0.25, 0.3) is 0 Å². The molecule has 0 heterocycles. The lowest BCUT2D eigenvalue weighted by molar-refractivity contribution is -0.121. The summed E-state index contributed by atoms with van der Waals surface area (Å²) in [5.74, 6) is 0.664. The molecule has 3 heteroatoms. The monoisotopic (exact) mass is 284 g/mol.